The Hall–Kier alpha value is -0.570. The van der Waals surface area contributed by atoms with Gasteiger partial charge in [-0.15, -0.1) is 0 Å². The molecule has 0 radical (unpaired) electrons. The maximum absolute atomic E-state index is 11.7. The fourth-order valence-corrected chi connectivity index (χ4v) is 1.01. The summed E-state index contributed by atoms with van der Waals surface area (Å²) >= 11 is 0. The molecule has 0 aromatic rings. The highest BCUT2D eigenvalue weighted by Gasteiger charge is 2.24. The van der Waals surface area contributed by atoms with E-state index in [2.05, 4.69) is 26.1 Å². The van der Waals surface area contributed by atoms with Crippen LogP contribution in [0.2, 0.25) is 0 Å². The third kappa shape index (κ3) is 4.09. The van der Waals surface area contributed by atoms with Crippen molar-refractivity contribution in [3.05, 3.63) is 0 Å². The molecule has 0 fully saturated rings. The van der Waals surface area contributed by atoms with E-state index in [4.69, 9.17) is 5.73 Å². The summed E-state index contributed by atoms with van der Waals surface area (Å²) in [4.78, 5) is 11.7. The molecule has 0 saturated heterocycles. The van der Waals surface area contributed by atoms with Crippen LogP contribution >= 0.6 is 0 Å². The van der Waals surface area contributed by atoms with E-state index in [9.17, 15) is 4.79 Å². The van der Waals surface area contributed by atoms with Crippen LogP contribution in [0.1, 0.15) is 41.0 Å². The lowest BCUT2D eigenvalue weighted by molar-refractivity contribution is -0.126. The van der Waals surface area contributed by atoms with Crippen molar-refractivity contribution in [3.63, 3.8) is 0 Å². The van der Waals surface area contributed by atoms with Gasteiger partial charge in [0.25, 0.3) is 0 Å². The van der Waals surface area contributed by atoms with E-state index in [1.165, 1.54) is 0 Å². The second kappa shape index (κ2) is 5.35. The van der Waals surface area contributed by atoms with Crippen LogP contribution in [0.25, 0.3) is 0 Å². The van der Waals surface area contributed by atoms with Crippen molar-refractivity contribution in [1.29, 1.82) is 0 Å². The summed E-state index contributed by atoms with van der Waals surface area (Å²) < 4.78 is 0. The van der Waals surface area contributed by atoms with Gasteiger partial charge < -0.3 is 11.1 Å². The number of carbonyl (C=O) groups excluding carboxylic acids is 1. The Morgan fingerprint density at radius 2 is 1.93 bits per heavy atom. The largest absolute Gasteiger partial charge is 0.353 e. The molecule has 0 heterocycles. The molecule has 0 aromatic carbocycles. The first-order valence-corrected chi connectivity index (χ1v) is 5.33. The van der Waals surface area contributed by atoms with E-state index in [1.54, 1.807) is 0 Å². The summed E-state index contributed by atoms with van der Waals surface area (Å²) in [6, 6.07) is 0.176. The molecule has 0 spiro atoms. The van der Waals surface area contributed by atoms with Gasteiger partial charge in [-0.3, -0.25) is 4.79 Å². The molecule has 0 rings (SSSR count). The summed E-state index contributed by atoms with van der Waals surface area (Å²) in [5, 5.41) is 3.00. The fraction of sp³-hybridized carbons (Fsp3) is 0.909. The fourth-order valence-electron chi connectivity index (χ4n) is 1.01. The minimum Gasteiger partial charge on any atom is -0.353 e. The minimum atomic E-state index is -0.0419. The molecule has 2 unspecified atom stereocenters. The topological polar surface area (TPSA) is 55.1 Å². The van der Waals surface area contributed by atoms with E-state index in [0.29, 0.717) is 6.54 Å². The summed E-state index contributed by atoms with van der Waals surface area (Å²) in [6.07, 6.45) is 0.805. The monoisotopic (exact) mass is 200 g/mol. The number of nitrogens with one attached hydrogen (secondary N) is 1. The Bertz CT molecular complexity index is 180. The van der Waals surface area contributed by atoms with E-state index in [1.807, 2.05) is 13.8 Å². The number of hydrogen-bond donors (Lipinski definition) is 2. The maximum atomic E-state index is 11.7. The molecule has 2 atom stereocenters. The first-order valence-electron chi connectivity index (χ1n) is 5.33. The van der Waals surface area contributed by atoms with Gasteiger partial charge in [0.05, 0.1) is 0 Å². The Morgan fingerprint density at radius 3 is 2.21 bits per heavy atom. The van der Waals surface area contributed by atoms with Gasteiger partial charge in [0.15, 0.2) is 0 Å². The molecule has 0 bridgehead atoms. The van der Waals surface area contributed by atoms with Crippen LogP contribution < -0.4 is 11.1 Å². The van der Waals surface area contributed by atoms with Crippen LogP contribution in [0.4, 0.5) is 0 Å². The summed E-state index contributed by atoms with van der Waals surface area (Å²) in [5.41, 5.74) is 5.61. The first-order chi connectivity index (χ1) is 6.32. The van der Waals surface area contributed by atoms with Gasteiger partial charge in [0.2, 0.25) is 5.91 Å². The van der Waals surface area contributed by atoms with Crippen LogP contribution in [0.3, 0.4) is 0 Å². The van der Waals surface area contributed by atoms with Crippen molar-refractivity contribution in [2.45, 2.75) is 47.1 Å². The summed E-state index contributed by atoms with van der Waals surface area (Å²) in [7, 11) is 0. The molecule has 0 aliphatic carbocycles. The summed E-state index contributed by atoms with van der Waals surface area (Å²) in [5.74, 6) is 0.0391. The third-order valence-corrected chi connectivity index (χ3v) is 2.81. The highest BCUT2D eigenvalue weighted by atomic mass is 16.1. The molecule has 1 amide bonds. The smallest absolute Gasteiger partial charge is 0.224 e. The first kappa shape index (κ1) is 13.4. The van der Waals surface area contributed by atoms with E-state index in [-0.39, 0.29) is 23.3 Å². The third-order valence-electron chi connectivity index (χ3n) is 2.81. The second-order valence-electron chi connectivity index (χ2n) is 4.94. The molecule has 84 valence electrons. The highest BCUT2D eigenvalue weighted by Crippen LogP contribution is 2.18. The van der Waals surface area contributed by atoms with Gasteiger partial charge in [-0.2, -0.15) is 0 Å². The molecule has 0 saturated carbocycles. The molecule has 0 aliphatic heterocycles. The van der Waals surface area contributed by atoms with Crippen LogP contribution in [0.5, 0.6) is 0 Å². The number of amides is 1. The lowest BCUT2D eigenvalue weighted by Crippen LogP contribution is -2.45. The second-order valence-corrected chi connectivity index (χ2v) is 4.94. The Balaban J connectivity index is 4.18. The molecular weight excluding hydrogens is 176 g/mol. The Morgan fingerprint density at radius 1 is 1.43 bits per heavy atom. The average molecular weight is 200 g/mol. The molecule has 14 heavy (non-hydrogen) atoms. The van der Waals surface area contributed by atoms with Crippen LogP contribution in [0, 0.1) is 11.3 Å². The van der Waals surface area contributed by atoms with Crippen LogP contribution in [-0.2, 0) is 4.79 Å². The zero-order valence-corrected chi connectivity index (χ0v) is 10.1. The van der Waals surface area contributed by atoms with Gasteiger partial charge in [-0.05, 0) is 18.8 Å². The van der Waals surface area contributed by atoms with Gasteiger partial charge >= 0.3 is 0 Å². The van der Waals surface area contributed by atoms with Crippen LogP contribution in [-0.4, -0.2) is 18.5 Å². The van der Waals surface area contributed by atoms with Gasteiger partial charge in [-0.25, -0.2) is 0 Å². The molecule has 0 aliphatic rings. The number of carbonyl (C=O) groups is 1. The zero-order valence-electron chi connectivity index (χ0n) is 10.1. The molecule has 3 nitrogen and oxygen atoms in total. The van der Waals surface area contributed by atoms with Gasteiger partial charge in [-0.1, -0.05) is 27.7 Å². The van der Waals surface area contributed by atoms with Gasteiger partial charge in [0, 0.05) is 18.5 Å². The maximum Gasteiger partial charge on any atom is 0.224 e. The quantitative estimate of drug-likeness (QED) is 0.723. The van der Waals surface area contributed by atoms with Crippen molar-refractivity contribution in [3.8, 4) is 0 Å². The lowest BCUT2D eigenvalue weighted by atomic mass is 9.87. The van der Waals surface area contributed by atoms with E-state index < -0.39 is 0 Å². The number of nitrogens with two attached hydrogens (primary N) is 1. The normalized spacial score (nSPS) is 16.1. The van der Waals surface area contributed by atoms with Gasteiger partial charge in [0.1, 0.15) is 0 Å². The lowest BCUT2D eigenvalue weighted by Gasteiger charge is -2.29. The predicted octanol–water partition coefficient (Wildman–Crippen LogP) is 1.52. The SMILES string of the molecule is CCC(CN)C(=O)NC(C)C(C)(C)C. The number of hydrogen-bond acceptors (Lipinski definition) is 2. The van der Waals surface area contributed by atoms with Crippen molar-refractivity contribution in [2.24, 2.45) is 17.1 Å². The molecule has 3 heteroatoms. The van der Waals surface area contributed by atoms with Crippen molar-refractivity contribution < 1.29 is 4.79 Å². The molecule has 0 aromatic heterocycles. The minimum absolute atomic E-state index is 0.0419. The standard InChI is InChI=1S/C11H24N2O/c1-6-9(7-12)10(14)13-8(2)11(3,4)5/h8-9H,6-7,12H2,1-5H3,(H,13,14). The predicted molar refractivity (Wildman–Crippen MR) is 59.9 cm³/mol. The average Bonchev–Trinajstić information content (AvgIpc) is 2.04. The van der Waals surface area contributed by atoms with Crippen molar-refractivity contribution >= 4 is 5.91 Å². The summed E-state index contributed by atoms with van der Waals surface area (Å²) in [6.45, 7) is 10.8. The molecular formula is C11H24N2O. The van der Waals surface area contributed by atoms with E-state index in [0.717, 1.165) is 6.42 Å². The van der Waals surface area contributed by atoms with E-state index >= 15 is 0 Å². The zero-order chi connectivity index (χ0) is 11.4. The Kier molecular flexibility index (Phi) is 5.13. The molecule has 3 N–H and O–H groups in total. The van der Waals surface area contributed by atoms with Crippen LogP contribution in [0.15, 0.2) is 0 Å². The van der Waals surface area contributed by atoms with Crippen molar-refractivity contribution in [1.82, 2.24) is 5.32 Å². The Labute approximate surface area is 87.4 Å². The number of rotatable bonds is 4. The highest BCUT2D eigenvalue weighted by molar-refractivity contribution is 5.79. The van der Waals surface area contributed by atoms with Crippen molar-refractivity contribution in [2.75, 3.05) is 6.54 Å².